The van der Waals surface area contributed by atoms with E-state index in [4.69, 9.17) is 27.4 Å². The minimum absolute atomic E-state index is 0.0263. The molecule has 0 saturated carbocycles. The van der Waals surface area contributed by atoms with Gasteiger partial charge in [0, 0.05) is 27.3 Å². The summed E-state index contributed by atoms with van der Waals surface area (Å²) < 4.78 is 10.6. The lowest BCUT2D eigenvalue weighted by Crippen LogP contribution is -2.40. The number of carbonyl (C=O) groups excluding carboxylic acids is 1. The number of rotatable bonds is 5. The molecule has 5 nitrogen and oxygen atoms in total. The second-order valence-corrected chi connectivity index (χ2v) is 4.63. The van der Waals surface area contributed by atoms with E-state index in [1.165, 1.54) is 0 Å². The largest absolute Gasteiger partial charge is 0.393 e. The molecule has 6 heteroatoms. The number of ether oxygens (including phenoxy) is 2. The van der Waals surface area contributed by atoms with Crippen LogP contribution in [0.15, 0.2) is 0 Å². The van der Waals surface area contributed by atoms with Crippen LogP contribution in [0.1, 0.15) is 13.3 Å². The summed E-state index contributed by atoms with van der Waals surface area (Å²) in [6.45, 7) is 2.97. The molecular weight excluding hydrogens is 240 g/mol. The Morgan fingerprint density at radius 2 is 1.88 bits per heavy atom. The molecule has 1 aliphatic rings. The van der Waals surface area contributed by atoms with E-state index in [-0.39, 0.29) is 29.0 Å². The van der Waals surface area contributed by atoms with Gasteiger partial charge in [-0.2, -0.15) is 0 Å². The zero-order valence-corrected chi connectivity index (χ0v) is 11.3. The predicted molar refractivity (Wildman–Crippen MR) is 68.7 cm³/mol. The fraction of sp³-hybridized carbons (Fsp3) is 0.818. The molecule has 98 valence electrons. The fourth-order valence-corrected chi connectivity index (χ4v) is 2.36. The van der Waals surface area contributed by atoms with Gasteiger partial charge in [0.2, 0.25) is 5.91 Å². The van der Waals surface area contributed by atoms with Crippen molar-refractivity contribution in [1.82, 2.24) is 4.90 Å². The summed E-state index contributed by atoms with van der Waals surface area (Å²) in [6.07, 6.45) is 0.473. The molecule has 0 aromatic rings. The second-order valence-electron chi connectivity index (χ2n) is 4.15. The Labute approximate surface area is 107 Å². The van der Waals surface area contributed by atoms with E-state index in [0.29, 0.717) is 19.5 Å². The minimum atomic E-state index is -0.377. The second kappa shape index (κ2) is 6.28. The van der Waals surface area contributed by atoms with Crippen LogP contribution in [-0.2, 0) is 14.3 Å². The Morgan fingerprint density at radius 1 is 1.41 bits per heavy atom. The Balaban J connectivity index is 2.69. The van der Waals surface area contributed by atoms with Gasteiger partial charge in [-0.3, -0.25) is 4.79 Å². The molecule has 0 aliphatic carbocycles. The average Bonchev–Trinajstić information content (AvgIpc) is 2.72. The summed E-state index contributed by atoms with van der Waals surface area (Å²) in [7, 11) is 3.24. The summed E-state index contributed by atoms with van der Waals surface area (Å²) in [5, 5.41) is 0. The number of likely N-dealkylation sites (tertiary alicyclic amines) is 1. The number of hydrogen-bond acceptors (Lipinski definition) is 4. The van der Waals surface area contributed by atoms with Crippen LogP contribution in [-0.4, -0.2) is 55.3 Å². The molecule has 3 unspecified atom stereocenters. The lowest BCUT2D eigenvalue weighted by molar-refractivity contribution is -0.132. The quantitative estimate of drug-likeness (QED) is 0.714. The Kier molecular flexibility index (Phi) is 5.30. The van der Waals surface area contributed by atoms with Crippen LogP contribution in [0.25, 0.3) is 0 Å². The standard InChI is InChI=1S/C11H20N2O3S/c1-4-7(10(12)17)11(14)13-5-8(15-2)9(6-13)16-3/h7-9H,4-6H2,1-3H3,(H2,12,17). The lowest BCUT2D eigenvalue weighted by atomic mass is 10.1. The van der Waals surface area contributed by atoms with Crippen LogP contribution in [0.3, 0.4) is 0 Å². The molecule has 1 fully saturated rings. The van der Waals surface area contributed by atoms with E-state index < -0.39 is 0 Å². The van der Waals surface area contributed by atoms with Gasteiger partial charge in [0.25, 0.3) is 0 Å². The molecule has 0 bridgehead atoms. The smallest absolute Gasteiger partial charge is 0.232 e. The molecule has 0 aromatic heterocycles. The normalized spacial score (nSPS) is 25.9. The SMILES string of the molecule is CCC(C(=O)N1CC(OC)C(OC)C1)C(N)=S. The van der Waals surface area contributed by atoms with Crippen molar-refractivity contribution in [3.8, 4) is 0 Å². The van der Waals surface area contributed by atoms with Gasteiger partial charge in [0.1, 0.15) is 12.2 Å². The van der Waals surface area contributed by atoms with E-state index in [1.807, 2.05) is 6.92 Å². The van der Waals surface area contributed by atoms with Crippen molar-refractivity contribution < 1.29 is 14.3 Å². The van der Waals surface area contributed by atoms with Crippen molar-refractivity contribution >= 4 is 23.1 Å². The average molecular weight is 260 g/mol. The first kappa shape index (κ1) is 14.3. The molecule has 2 N–H and O–H groups in total. The molecule has 0 spiro atoms. The molecule has 1 aliphatic heterocycles. The van der Waals surface area contributed by atoms with Gasteiger partial charge in [0.05, 0.1) is 10.9 Å². The fourth-order valence-electron chi connectivity index (χ4n) is 2.09. The highest BCUT2D eigenvalue weighted by molar-refractivity contribution is 7.80. The topological polar surface area (TPSA) is 64.8 Å². The maximum absolute atomic E-state index is 12.2. The summed E-state index contributed by atoms with van der Waals surface area (Å²) in [6, 6.07) is 0. The van der Waals surface area contributed by atoms with Gasteiger partial charge in [-0.1, -0.05) is 19.1 Å². The molecule has 1 heterocycles. The van der Waals surface area contributed by atoms with Gasteiger partial charge in [-0.05, 0) is 6.42 Å². The van der Waals surface area contributed by atoms with Gasteiger partial charge >= 0.3 is 0 Å². The third-order valence-corrected chi connectivity index (χ3v) is 3.47. The van der Waals surface area contributed by atoms with Crippen molar-refractivity contribution in [2.24, 2.45) is 11.7 Å². The Hall–Kier alpha value is -0.720. The third-order valence-electron chi connectivity index (χ3n) is 3.18. The summed E-state index contributed by atoms with van der Waals surface area (Å²) in [5.41, 5.74) is 5.57. The maximum Gasteiger partial charge on any atom is 0.232 e. The summed E-state index contributed by atoms with van der Waals surface area (Å²) >= 11 is 4.91. The summed E-state index contributed by atoms with van der Waals surface area (Å²) in [4.78, 5) is 14.2. The van der Waals surface area contributed by atoms with E-state index >= 15 is 0 Å². The number of carbonyl (C=O) groups is 1. The third kappa shape index (κ3) is 3.14. The maximum atomic E-state index is 12.2. The Morgan fingerprint density at radius 3 is 2.18 bits per heavy atom. The van der Waals surface area contributed by atoms with Gasteiger partial charge in [0.15, 0.2) is 0 Å². The number of amides is 1. The van der Waals surface area contributed by atoms with E-state index in [9.17, 15) is 4.79 Å². The Bertz CT molecular complexity index is 286. The first-order chi connectivity index (χ1) is 8.04. The van der Waals surface area contributed by atoms with Crippen LogP contribution in [0.5, 0.6) is 0 Å². The first-order valence-corrected chi connectivity index (χ1v) is 6.09. The molecule has 17 heavy (non-hydrogen) atoms. The molecule has 0 aromatic carbocycles. The molecular formula is C11H20N2O3S. The van der Waals surface area contributed by atoms with Crippen molar-refractivity contribution in [2.75, 3.05) is 27.3 Å². The molecule has 3 atom stereocenters. The van der Waals surface area contributed by atoms with Gasteiger partial charge in [-0.15, -0.1) is 0 Å². The predicted octanol–water partition coefficient (Wildman–Crippen LogP) is 0.171. The van der Waals surface area contributed by atoms with Gasteiger partial charge < -0.3 is 20.1 Å². The highest BCUT2D eigenvalue weighted by atomic mass is 32.1. The van der Waals surface area contributed by atoms with Crippen LogP contribution < -0.4 is 5.73 Å². The highest BCUT2D eigenvalue weighted by Crippen LogP contribution is 2.19. The number of nitrogens with two attached hydrogens (primary N) is 1. The van der Waals surface area contributed by atoms with Crippen LogP contribution >= 0.6 is 12.2 Å². The zero-order valence-electron chi connectivity index (χ0n) is 10.5. The zero-order chi connectivity index (χ0) is 13.0. The molecule has 1 saturated heterocycles. The van der Waals surface area contributed by atoms with Crippen molar-refractivity contribution in [3.63, 3.8) is 0 Å². The number of nitrogens with zero attached hydrogens (tertiary/aromatic N) is 1. The van der Waals surface area contributed by atoms with E-state index in [2.05, 4.69) is 0 Å². The van der Waals surface area contributed by atoms with Gasteiger partial charge in [-0.25, -0.2) is 0 Å². The first-order valence-electron chi connectivity index (χ1n) is 5.68. The lowest BCUT2D eigenvalue weighted by Gasteiger charge is -2.21. The minimum Gasteiger partial charge on any atom is -0.393 e. The number of methoxy groups -OCH3 is 2. The number of thiocarbonyl (C=S) groups is 1. The van der Waals surface area contributed by atoms with Crippen LogP contribution in [0.2, 0.25) is 0 Å². The molecule has 1 amide bonds. The van der Waals surface area contributed by atoms with E-state index in [0.717, 1.165) is 0 Å². The van der Waals surface area contributed by atoms with Crippen molar-refractivity contribution in [2.45, 2.75) is 25.6 Å². The monoisotopic (exact) mass is 260 g/mol. The number of hydrogen-bond donors (Lipinski definition) is 1. The molecule has 0 radical (unpaired) electrons. The van der Waals surface area contributed by atoms with Crippen LogP contribution in [0.4, 0.5) is 0 Å². The van der Waals surface area contributed by atoms with Crippen molar-refractivity contribution in [1.29, 1.82) is 0 Å². The highest BCUT2D eigenvalue weighted by Gasteiger charge is 2.37. The van der Waals surface area contributed by atoms with E-state index in [1.54, 1.807) is 19.1 Å². The van der Waals surface area contributed by atoms with Crippen molar-refractivity contribution in [3.05, 3.63) is 0 Å². The van der Waals surface area contributed by atoms with Crippen LogP contribution in [0, 0.1) is 5.92 Å². The summed E-state index contributed by atoms with van der Waals surface area (Å²) in [5.74, 6) is -0.403. The molecule has 1 rings (SSSR count).